The number of nitrogens with two attached hydrogens (primary N) is 4. The number of primary amides is 1. The molecule has 35 heavy (non-hydrogen) atoms. The molecule has 0 rings (SSSR count). The summed E-state index contributed by atoms with van der Waals surface area (Å²) in [7, 11) is 0. The van der Waals surface area contributed by atoms with Crippen molar-refractivity contribution in [1.82, 2.24) is 16.0 Å². The van der Waals surface area contributed by atoms with Crippen molar-refractivity contribution in [3.05, 3.63) is 0 Å². The average Bonchev–Trinajstić information content (AvgIpc) is 2.82. The number of amides is 3. The van der Waals surface area contributed by atoms with E-state index in [9.17, 15) is 14.4 Å². The zero-order chi connectivity index (χ0) is 26.2. The van der Waals surface area contributed by atoms with E-state index in [-0.39, 0.29) is 31.7 Å². The number of rotatable bonds is 23. The molecule has 0 aromatic rings. The summed E-state index contributed by atoms with van der Waals surface area (Å²) >= 11 is 0. The second kappa shape index (κ2) is 23.6. The van der Waals surface area contributed by atoms with E-state index in [4.69, 9.17) is 32.4 Å². The normalized spacial score (nSPS) is 12.5. The molecular formula is C23H49N7O5. The predicted octanol–water partition coefficient (Wildman–Crippen LogP) is 0.418. The van der Waals surface area contributed by atoms with Crippen LogP contribution in [0.3, 0.4) is 0 Å². The smallest absolute Gasteiger partial charge is 0.407 e. The van der Waals surface area contributed by atoms with Crippen molar-refractivity contribution in [3.8, 4) is 0 Å². The van der Waals surface area contributed by atoms with Crippen molar-refractivity contribution in [2.24, 2.45) is 22.9 Å². The van der Waals surface area contributed by atoms with Gasteiger partial charge < -0.3 is 48.4 Å². The van der Waals surface area contributed by atoms with Crippen LogP contribution in [0.1, 0.15) is 70.6 Å². The van der Waals surface area contributed by atoms with Crippen LogP contribution in [0.5, 0.6) is 0 Å². The summed E-state index contributed by atoms with van der Waals surface area (Å²) in [5, 5.41) is 8.76. The molecule has 11 N–H and O–H groups in total. The quantitative estimate of drug-likeness (QED) is 0.0961. The Hall–Kier alpha value is -2.15. The molecule has 0 spiro atoms. The number of hydrogen-bond donors (Lipinski definition) is 7. The van der Waals surface area contributed by atoms with Gasteiger partial charge in [0.1, 0.15) is 13.2 Å². The highest BCUT2D eigenvalue weighted by molar-refractivity contribution is 5.78. The van der Waals surface area contributed by atoms with Gasteiger partial charge in [-0.3, -0.25) is 4.79 Å². The van der Waals surface area contributed by atoms with Gasteiger partial charge in [-0.25, -0.2) is 9.59 Å². The van der Waals surface area contributed by atoms with Crippen LogP contribution in [0.15, 0.2) is 0 Å². The highest BCUT2D eigenvalue weighted by atomic mass is 16.6. The summed E-state index contributed by atoms with van der Waals surface area (Å²) in [6.07, 6.45) is 8.25. The molecule has 206 valence electrons. The molecule has 0 radical (unpaired) electrons. The molecule has 0 fully saturated rings. The molecular weight excluding hydrogens is 454 g/mol. The second-order valence-corrected chi connectivity index (χ2v) is 8.64. The molecule has 0 aliphatic heterocycles. The minimum atomic E-state index is -0.910. The molecule has 0 unspecified atom stereocenters. The Morgan fingerprint density at radius 2 is 1.17 bits per heavy atom. The summed E-state index contributed by atoms with van der Waals surface area (Å²) in [6, 6.07) is -0.762. The van der Waals surface area contributed by atoms with E-state index < -0.39 is 18.2 Å². The van der Waals surface area contributed by atoms with Gasteiger partial charge >= 0.3 is 12.2 Å². The summed E-state index contributed by atoms with van der Waals surface area (Å²) in [6.45, 7) is 2.76. The van der Waals surface area contributed by atoms with Gasteiger partial charge in [0.05, 0.1) is 18.6 Å². The van der Waals surface area contributed by atoms with Gasteiger partial charge in [-0.15, -0.1) is 0 Å². The zero-order valence-electron chi connectivity index (χ0n) is 21.2. The van der Waals surface area contributed by atoms with Crippen molar-refractivity contribution in [1.29, 1.82) is 0 Å². The van der Waals surface area contributed by atoms with Crippen LogP contribution in [0.2, 0.25) is 0 Å². The zero-order valence-corrected chi connectivity index (χ0v) is 21.2. The van der Waals surface area contributed by atoms with Crippen molar-refractivity contribution < 1.29 is 23.9 Å². The molecule has 0 aromatic carbocycles. The molecule has 0 aliphatic carbocycles. The van der Waals surface area contributed by atoms with Gasteiger partial charge in [0.25, 0.3) is 0 Å². The second-order valence-electron chi connectivity index (χ2n) is 8.64. The Bertz CT molecular complexity index is 554. The van der Waals surface area contributed by atoms with E-state index in [0.717, 1.165) is 70.9 Å². The number of carbonyl (C=O) groups is 3. The molecule has 2 atom stereocenters. The Morgan fingerprint density at radius 3 is 1.77 bits per heavy atom. The molecule has 12 nitrogen and oxygen atoms in total. The topological polar surface area (TPSA) is 210 Å². The largest absolute Gasteiger partial charge is 0.448 e. The van der Waals surface area contributed by atoms with Gasteiger partial charge in [-0.2, -0.15) is 0 Å². The Balaban J connectivity index is 4.44. The van der Waals surface area contributed by atoms with Gasteiger partial charge in [-0.1, -0.05) is 32.1 Å². The van der Waals surface area contributed by atoms with Crippen molar-refractivity contribution in [3.63, 3.8) is 0 Å². The first-order chi connectivity index (χ1) is 16.9. The molecule has 0 heterocycles. The molecule has 12 heteroatoms. The van der Waals surface area contributed by atoms with Crippen LogP contribution < -0.4 is 38.9 Å². The van der Waals surface area contributed by atoms with Crippen LogP contribution in [0.25, 0.3) is 0 Å². The molecule has 0 saturated heterocycles. The van der Waals surface area contributed by atoms with Crippen LogP contribution >= 0.6 is 0 Å². The number of unbranched alkanes of at least 4 members (excludes halogenated alkanes) is 6. The van der Waals surface area contributed by atoms with Gasteiger partial charge in [0.2, 0.25) is 5.91 Å². The van der Waals surface area contributed by atoms with E-state index >= 15 is 0 Å². The van der Waals surface area contributed by atoms with E-state index in [2.05, 4.69) is 16.0 Å². The van der Waals surface area contributed by atoms with Crippen molar-refractivity contribution in [2.45, 2.75) is 82.7 Å². The fourth-order valence-corrected chi connectivity index (χ4v) is 3.44. The maximum Gasteiger partial charge on any atom is 0.407 e. The first-order valence-electron chi connectivity index (χ1n) is 12.9. The van der Waals surface area contributed by atoms with E-state index in [1.54, 1.807) is 0 Å². The van der Waals surface area contributed by atoms with Gasteiger partial charge in [0, 0.05) is 0 Å². The van der Waals surface area contributed by atoms with Gasteiger partial charge in [-0.05, 0) is 64.7 Å². The number of nitrogens with one attached hydrogen (secondary N) is 3. The standard InChI is InChI=1S/C23H49N7O5/c24-12-6-2-1-3-9-15-28-16-21(31)29-19(10-4-7-13-25)18-35-23(33)30-20(11-5-8-14-26)17-34-22(27)32/h19-20,28H,1-18,24-26H2,(H2,27,32)(H,29,31)(H,30,33)/t19-,20+/m1/s1. The number of hydrogen-bond acceptors (Lipinski definition) is 9. The monoisotopic (exact) mass is 503 g/mol. The van der Waals surface area contributed by atoms with Crippen LogP contribution in [0.4, 0.5) is 9.59 Å². The fourth-order valence-electron chi connectivity index (χ4n) is 3.44. The molecule has 0 saturated carbocycles. The minimum Gasteiger partial charge on any atom is -0.448 e. The van der Waals surface area contributed by atoms with Crippen LogP contribution in [-0.2, 0) is 14.3 Å². The molecule has 0 aliphatic rings. The van der Waals surface area contributed by atoms with Crippen LogP contribution in [0, 0.1) is 0 Å². The van der Waals surface area contributed by atoms with Gasteiger partial charge in [0.15, 0.2) is 0 Å². The third kappa shape index (κ3) is 22.1. The minimum absolute atomic E-state index is 0.0233. The fraction of sp³-hybridized carbons (Fsp3) is 0.870. The average molecular weight is 504 g/mol. The summed E-state index contributed by atoms with van der Waals surface area (Å²) in [5.74, 6) is -0.149. The van der Waals surface area contributed by atoms with Crippen molar-refractivity contribution >= 4 is 18.1 Å². The maximum atomic E-state index is 12.3. The molecule has 3 amide bonds. The lowest BCUT2D eigenvalue weighted by Crippen LogP contribution is -2.45. The number of alkyl carbamates (subject to hydrolysis) is 1. The SMILES string of the molecule is NCCCCCCCNCC(=O)N[C@H](CCCCN)COC(=O)N[C@@H](CCCCN)COC(N)=O. The first kappa shape index (κ1) is 32.8. The van der Waals surface area contributed by atoms with Crippen molar-refractivity contribution in [2.75, 3.05) is 45.9 Å². The lowest BCUT2D eigenvalue weighted by Gasteiger charge is -2.21. The lowest BCUT2D eigenvalue weighted by atomic mass is 10.1. The van der Waals surface area contributed by atoms with E-state index in [1.807, 2.05) is 0 Å². The highest BCUT2D eigenvalue weighted by Gasteiger charge is 2.18. The Morgan fingerprint density at radius 1 is 0.657 bits per heavy atom. The maximum absolute atomic E-state index is 12.3. The highest BCUT2D eigenvalue weighted by Crippen LogP contribution is 2.05. The summed E-state index contributed by atoms with van der Waals surface area (Å²) in [5.41, 5.74) is 21.6. The summed E-state index contributed by atoms with van der Waals surface area (Å²) < 4.78 is 10.2. The summed E-state index contributed by atoms with van der Waals surface area (Å²) in [4.78, 5) is 35.6. The first-order valence-corrected chi connectivity index (χ1v) is 12.9. The lowest BCUT2D eigenvalue weighted by molar-refractivity contribution is -0.121. The predicted molar refractivity (Wildman–Crippen MR) is 137 cm³/mol. The van der Waals surface area contributed by atoms with Crippen LogP contribution in [-0.4, -0.2) is 76.1 Å². The molecule has 0 aromatic heterocycles. The number of carbonyl (C=O) groups excluding carboxylic acids is 3. The van der Waals surface area contributed by atoms with E-state index in [1.165, 1.54) is 0 Å². The third-order valence-electron chi connectivity index (χ3n) is 5.39. The number of ether oxygens (including phenoxy) is 2. The third-order valence-corrected chi connectivity index (χ3v) is 5.39. The Kier molecular flexibility index (Phi) is 22.1. The Labute approximate surface area is 209 Å². The molecule has 0 bridgehead atoms. The van der Waals surface area contributed by atoms with E-state index in [0.29, 0.717) is 25.9 Å².